The second-order valence-electron chi connectivity index (χ2n) is 7.92. The van der Waals surface area contributed by atoms with Gasteiger partial charge in [0.1, 0.15) is 23.3 Å². The van der Waals surface area contributed by atoms with Gasteiger partial charge in [0.2, 0.25) is 0 Å². The molecule has 0 atom stereocenters. The van der Waals surface area contributed by atoms with Gasteiger partial charge in [-0.25, -0.2) is 18.7 Å². The standard InChI is InChI=1S/C22H23F2N5O2/c1-14-6-20(26-21(7-14)29-4-2-28(3-5-29)18-12-30-13-18)27-22-25-11-19(31-22)15-8-16(23)10-17(24)9-15/h6-11,18H,2-5,12-13H2,1H3,(H,25,26,27). The van der Waals surface area contributed by atoms with Crippen LogP contribution >= 0.6 is 0 Å². The number of pyridine rings is 1. The minimum Gasteiger partial charge on any atom is -0.423 e. The number of ether oxygens (including phenoxy) is 1. The first-order valence-electron chi connectivity index (χ1n) is 10.3. The number of nitrogens with zero attached hydrogens (tertiary/aromatic N) is 4. The van der Waals surface area contributed by atoms with Crippen molar-refractivity contribution in [2.45, 2.75) is 13.0 Å². The number of halogens is 2. The smallest absolute Gasteiger partial charge is 0.300 e. The lowest BCUT2D eigenvalue weighted by molar-refractivity contribution is -0.0660. The van der Waals surface area contributed by atoms with Gasteiger partial charge in [-0.1, -0.05) is 0 Å². The molecule has 0 radical (unpaired) electrons. The van der Waals surface area contributed by atoms with Crippen molar-refractivity contribution in [3.05, 3.63) is 53.7 Å². The third-order valence-corrected chi connectivity index (χ3v) is 5.62. The van der Waals surface area contributed by atoms with Gasteiger partial charge in [0.15, 0.2) is 5.76 Å². The highest BCUT2D eigenvalue weighted by atomic mass is 19.1. The van der Waals surface area contributed by atoms with Crippen LogP contribution in [0.5, 0.6) is 0 Å². The summed E-state index contributed by atoms with van der Waals surface area (Å²) >= 11 is 0. The summed E-state index contributed by atoms with van der Waals surface area (Å²) in [7, 11) is 0. The van der Waals surface area contributed by atoms with E-state index in [1.807, 2.05) is 13.0 Å². The molecule has 162 valence electrons. The zero-order valence-corrected chi connectivity index (χ0v) is 17.1. The molecule has 0 bridgehead atoms. The summed E-state index contributed by atoms with van der Waals surface area (Å²) in [5.74, 6) is 0.422. The van der Waals surface area contributed by atoms with Crippen molar-refractivity contribution in [2.75, 3.05) is 49.6 Å². The molecule has 9 heteroatoms. The Kier molecular flexibility index (Phi) is 5.29. The molecule has 2 aliphatic heterocycles. The van der Waals surface area contributed by atoms with Crippen LogP contribution < -0.4 is 10.2 Å². The summed E-state index contributed by atoms with van der Waals surface area (Å²) in [5.41, 5.74) is 1.34. The molecule has 1 N–H and O–H groups in total. The van der Waals surface area contributed by atoms with E-state index in [0.717, 1.165) is 56.8 Å². The second-order valence-corrected chi connectivity index (χ2v) is 7.92. The Hall–Kier alpha value is -3.04. The molecule has 5 rings (SSSR count). The SMILES string of the molecule is Cc1cc(Nc2ncc(-c3cc(F)cc(F)c3)o2)nc(N2CCN(C3COC3)CC2)c1. The molecule has 0 amide bonds. The molecule has 7 nitrogen and oxygen atoms in total. The topological polar surface area (TPSA) is 66.7 Å². The number of rotatable bonds is 5. The maximum Gasteiger partial charge on any atom is 0.300 e. The van der Waals surface area contributed by atoms with E-state index >= 15 is 0 Å². The van der Waals surface area contributed by atoms with E-state index in [1.165, 1.54) is 18.3 Å². The van der Waals surface area contributed by atoms with E-state index in [1.54, 1.807) is 0 Å². The molecule has 1 aromatic carbocycles. The maximum absolute atomic E-state index is 13.5. The van der Waals surface area contributed by atoms with Gasteiger partial charge in [0.25, 0.3) is 0 Å². The summed E-state index contributed by atoms with van der Waals surface area (Å²) in [5, 5.41) is 3.06. The minimum atomic E-state index is -0.671. The molecule has 0 spiro atoms. The summed E-state index contributed by atoms with van der Waals surface area (Å²) in [4.78, 5) is 13.6. The Morgan fingerprint density at radius 3 is 2.42 bits per heavy atom. The van der Waals surface area contributed by atoms with Crippen LogP contribution in [0.1, 0.15) is 5.56 Å². The molecule has 0 unspecified atom stereocenters. The number of aryl methyl sites for hydroxylation is 1. The molecule has 31 heavy (non-hydrogen) atoms. The lowest BCUT2D eigenvalue weighted by Gasteiger charge is -2.42. The number of benzene rings is 1. The van der Waals surface area contributed by atoms with Crippen molar-refractivity contribution in [3.63, 3.8) is 0 Å². The number of nitrogens with one attached hydrogen (secondary N) is 1. The number of hydrogen-bond acceptors (Lipinski definition) is 7. The normalized spacial score (nSPS) is 17.6. The van der Waals surface area contributed by atoms with Gasteiger partial charge < -0.3 is 14.1 Å². The number of hydrogen-bond donors (Lipinski definition) is 1. The average Bonchev–Trinajstić information content (AvgIpc) is 3.14. The molecule has 0 aliphatic carbocycles. The van der Waals surface area contributed by atoms with Gasteiger partial charge in [0, 0.05) is 37.8 Å². The van der Waals surface area contributed by atoms with E-state index in [0.29, 0.717) is 11.9 Å². The van der Waals surface area contributed by atoms with Gasteiger partial charge in [-0.15, -0.1) is 0 Å². The maximum atomic E-state index is 13.5. The highest BCUT2D eigenvalue weighted by molar-refractivity contribution is 5.60. The van der Waals surface area contributed by atoms with Crippen LogP contribution in [0.15, 0.2) is 40.9 Å². The van der Waals surface area contributed by atoms with Crippen molar-refractivity contribution in [1.29, 1.82) is 0 Å². The molecule has 2 aliphatic rings. The average molecular weight is 427 g/mol. The molecular weight excluding hydrogens is 404 g/mol. The monoisotopic (exact) mass is 427 g/mol. The van der Waals surface area contributed by atoms with Gasteiger partial charge >= 0.3 is 6.01 Å². The molecule has 2 saturated heterocycles. The van der Waals surface area contributed by atoms with Crippen LogP contribution in [0.25, 0.3) is 11.3 Å². The Bertz CT molecular complexity index is 1060. The largest absolute Gasteiger partial charge is 0.423 e. The molecule has 2 fully saturated rings. The Labute approximate surface area is 178 Å². The quantitative estimate of drug-likeness (QED) is 0.668. The third-order valence-electron chi connectivity index (χ3n) is 5.62. The lowest BCUT2D eigenvalue weighted by Crippen LogP contribution is -2.56. The number of piperazine rings is 1. The summed E-state index contributed by atoms with van der Waals surface area (Å²) in [6.45, 7) is 7.45. The Morgan fingerprint density at radius 1 is 1.00 bits per heavy atom. The van der Waals surface area contributed by atoms with Crippen molar-refractivity contribution in [3.8, 4) is 11.3 Å². The van der Waals surface area contributed by atoms with Crippen LogP contribution in [0.2, 0.25) is 0 Å². The fourth-order valence-electron chi connectivity index (χ4n) is 3.90. The summed E-state index contributed by atoms with van der Waals surface area (Å²) in [6.07, 6.45) is 1.43. The van der Waals surface area contributed by atoms with E-state index in [-0.39, 0.29) is 17.3 Å². The first-order chi connectivity index (χ1) is 15.0. The molecule has 4 heterocycles. The van der Waals surface area contributed by atoms with Crippen molar-refractivity contribution >= 4 is 17.7 Å². The summed E-state index contributed by atoms with van der Waals surface area (Å²) in [6, 6.07) is 7.93. The highest BCUT2D eigenvalue weighted by Gasteiger charge is 2.29. The van der Waals surface area contributed by atoms with Crippen LogP contribution in [-0.4, -0.2) is 60.3 Å². The summed E-state index contributed by atoms with van der Waals surface area (Å²) < 4.78 is 37.9. The fraction of sp³-hybridized carbons (Fsp3) is 0.364. The third kappa shape index (κ3) is 4.38. The van der Waals surface area contributed by atoms with Crippen LogP contribution in [0.3, 0.4) is 0 Å². The number of oxazole rings is 1. The second kappa shape index (κ2) is 8.24. The van der Waals surface area contributed by atoms with E-state index < -0.39 is 11.6 Å². The molecule has 3 aromatic rings. The van der Waals surface area contributed by atoms with Crippen molar-refractivity contribution in [1.82, 2.24) is 14.9 Å². The van der Waals surface area contributed by atoms with Gasteiger partial charge in [-0.3, -0.25) is 10.2 Å². The lowest BCUT2D eigenvalue weighted by atomic mass is 10.2. The van der Waals surface area contributed by atoms with E-state index in [4.69, 9.17) is 14.1 Å². The van der Waals surface area contributed by atoms with Crippen LogP contribution in [-0.2, 0) is 4.74 Å². The molecular formula is C22H23F2N5O2. The van der Waals surface area contributed by atoms with Crippen LogP contribution in [0.4, 0.5) is 26.4 Å². The highest BCUT2D eigenvalue weighted by Crippen LogP contribution is 2.27. The predicted octanol–water partition coefficient (Wildman–Crippen LogP) is 3.59. The van der Waals surface area contributed by atoms with Gasteiger partial charge in [-0.05, 0) is 36.8 Å². The minimum absolute atomic E-state index is 0.207. The Balaban J connectivity index is 1.29. The molecule has 2 aromatic heterocycles. The van der Waals surface area contributed by atoms with Gasteiger partial charge in [0.05, 0.1) is 25.5 Å². The zero-order valence-electron chi connectivity index (χ0n) is 17.1. The predicted molar refractivity (Wildman–Crippen MR) is 113 cm³/mol. The van der Waals surface area contributed by atoms with Gasteiger partial charge in [-0.2, -0.15) is 0 Å². The first kappa shape index (κ1) is 19.9. The van der Waals surface area contributed by atoms with E-state index in [9.17, 15) is 8.78 Å². The molecule has 0 saturated carbocycles. The Morgan fingerprint density at radius 2 is 1.74 bits per heavy atom. The zero-order chi connectivity index (χ0) is 21.4. The first-order valence-corrected chi connectivity index (χ1v) is 10.3. The van der Waals surface area contributed by atoms with Crippen LogP contribution in [0, 0.1) is 18.6 Å². The number of aromatic nitrogens is 2. The number of anilines is 3. The van der Waals surface area contributed by atoms with E-state index in [2.05, 4.69) is 26.2 Å². The van der Waals surface area contributed by atoms with Crippen molar-refractivity contribution in [2.24, 2.45) is 0 Å². The fourth-order valence-corrected chi connectivity index (χ4v) is 3.90. The van der Waals surface area contributed by atoms with Crippen molar-refractivity contribution < 1.29 is 17.9 Å².